The summed E-state index contributed by atoms with van der Waals surface area (Å²) < 4.78 is 6.71. The Morgan fingerprint density at radius 2 is 2.06 bits per heavy atom. The second-order valence-electron chi connectivity index (χ2n) is 7.86. The van der Waals surface area contributed by atoms with E-state index in [1.165, 1.54) is 16.9 Å². The standard InChI is InChI=1S/C25H23ClN2O2S/c1-2-15-5-7-16(8-6-15)22-20-14-27-21-10-9-17(26)12-19(21)23(20)31-24(22)25(29)28-13-18-4-3-11-30-18/h5-10,12,14,18H,2-4,11,13H2,1H3,(H,28,29). The highest BCUT2D eigenvalue weighted by atomic mass is 35.5. The van der Waals surface area contributed by atoms with Gasteiger partial charge in [-0.2, -0.15) is 0 Å². The van der Waals surface area contributed by atoms with Crippen molar-refractivity contribution in [1.82, 2.24) is 10.3 Å². The monoisotopic (exact) mass is 450 g/mol. The lowest BCUT2D eigenvalue weighted by molar-refractivity contribution is 0.0861. The van der Waals surface area contributed by atoms with Gasteiger partial charge in [0.15, 0.2) is 0 Å². The number of thiophene rings is 1. The van der Waals surface area contributed by atoms with Crippen molar-refractivity contribution in [2.75, 3.05) is 13.2 Å². The molecule has 158 valence electrons. The third kappa shape index (κ3) is 3.93. The zero-order valence-corrected chi connectivity index (χ0v) is 18.9. The van der Waals surface area contributed by atoms with Crippen molar-refractivity contribution in [3.8, 4) is 11.1 Å². The van der Waals surface area contributed by atoms with Gasteiger partial charge in [-0.05, 0) is 48.6 Å². The maximum Gasteiger partial charge on any atom is 0.262 e. The number of amides is 1. The van der Waals surface area contributed by atoms with Gasteiger partial charge in [-0.3, -0.25) is 9.78 Å². The quantitative estimate of drug-likeness (QED) is 0.391. The molecule has 1 N–H and O–H groups in total. The molecule has 2 aromatic heterocycles. The number of carbonyl (C=O) groups excluding carboxylic acids is 1. The number of rotatable bonds is 5. The number of ether oxygens (including phenoxy) is 1. The molecule has 31 heavy (non-hydrogen) atoms. The highest BCUT2D eigenvalue weighted by molar-refractivity contribution is 7.22. The number of nitrogens with one attached hydrogen (secondary N) is 1. The van der Waals surface area contributed by atoms with Gasteiger partial charge in [-0.25, -0.2) is 0 Å². The molecule has 0 bridgehead atoms. The first kappa shape index (κ1) is 20.4. The highest BCUT2D eigenvalue weighted by Crippen LogP contribution is 2.42. The van der Waals surface area contributed by atoms with Crippen molar-refractivity contribution in [2.45, 2.75) is 32.3 Å². The van der Waals surface area contributed by atoms with E-state index < -0.39 is 0 Å². The summed E-state index contributed by atoms with van der Waals surface area (Å²) in [4.78, 5) is 18.6. The molecule has 1 atom stereocenters. The molecule has 0 radical (unpaired) electrons. The van der Waals surface area contributed by atoms with Gasteiger partial charge in [-0.15, -0.1) is 11.3 Å². The smallest absolute Gasteiger partial charge is 0.262 e. The van der Waals surface area contributed by atoms with Gasteiger partial charge in [0, 0.05) is 45.4 Å². The van der Waals surface area contributed by atoms with Crippen LogP contribution in [0.1, 0.15) is 35.0 Å². The topological polar surface area (TPSA) is 51.2 Å². The minimum absolute atomic E-state index is 0.0681. The molecule has 6 heteroatoms. The van der Waals surface area contributed by atoms with Crippen LogP contribution in [0.3, 0.4) is 0 Å². The Morgan fingerprint density at radius 3 is 2.81 bits per heavy atom. The van der Waals surface area contributed by atoms with Crippen LogP contribution in [0.4, 0.5) is 0 Å². The lowest BCUT2D eigenvalue weighted by atomic mass is 9.99. The van der Waals surface area contributed by atoms with Gasteiger partial charge in [0.1, 0.15) is 4.88 Å². The normalized spacial score (nSPS) is 16.3. The van der Waals surface area contributed by atoms with Crippen molar-refractivity contribution < 1.29 is 9.53 Å². The van der Waals surface area contributed by atoms with Crippen LogP contribution in [0.5, 0.6) is 0 Å². The fraction of sp³-hybridized carbons (Fsp3) is 0.280. The van der Waals surface area contributed by atoms with Gasteiger partial charge in [-0.1, -0.05) is 42.8 Å². The number of hydrogen-bond acceptors (Lipinski definition) is 4. The van der Waals surface area contributed by atoms with Crippen LogP contribution in [-0.2, 0) is 11.2 Å². The lowest BCUT2D eigenvalue weighted by Crippen LogP contribution is -2.31. The largest absolute Gasteiger partial charge is 0.376 e. The predicted octanol–water partition coefficient (Wildman–Crippen LogP) is 6.24. The molecule has 4 nitrogen and oxygen atoms in total. The zero-order chi connectivity index (χ0) is 21.4. The second-order valence-corrected chi connectivity index (χ2v) is 9.32. The van der Waals surface area contributed by atoms with Crippen LogP contribution in [0.25, 0.3) is 32.1 Å². The minimum Gasteiger partial charge on any atom is -0.376 e. The summed E-state index contributed by atoms with van der Waals surface area (Å²) in [6.07, 6.45) is 5.00. The SMILES string of the molecule is CCc1ccc(-c2c(C(=O)NCC3CCCO3)sc3c2cnc2ccc(Cl)cc23)cc1. The molecule has 4 aromatic rings. The Hall–Kier alpha value is -2.47. The van der Waals surface area contributed by atoms with Crippen molar-refractivity contribution in [3.05, 3.63) is 64.1 Å². The van der Waals surface area contributed by atoms with E-state index in [2.05, 4.69) is 41.5 Å². The van der Waals surface area contributed by atoms with Crippen LogP contribution in [0.2, 0.25) is 5.02 Å². The van der Waals surface area contributed by atoms with E-state index in [4.69, 9.17) is 16.3 Å². The first-order valence-corrected chi connectivity index (χ1v) is 11.8. The molecule has 0 spiro atoms. The van der Waals surface area contributed by atoms with Gasteiger partial charge in [0.2, 0.25) is 0 Å². The van der Waals surface area contributed by atoms with E-state index in [0.29, 0.717) is 16.4 Å². The van der Waals surface area contributed by atoms with Crippen molar-refractivity contribution >= 4 is 49.8 Å². The average Bonchev–Trinajstić information content (AvgIpc) is 3.45. The summed E-state index contributed by atoms with van der Waals surface area (Å²) in [5.74, 6) is -0.0681. The number of fused-ring (bicyclic) bond motifs is 3. The Kier molecular flexibility index (Phi) is 5.65. The number of aryl methyl sites for hydroxylation is 1. The summed E-state index contributed by atoms with van der Waals surface area (Å²) in [6, 6.07) is 14.1. The first-order chi connectivity index (χ1) is 15.1. The Balaban J connectivity index is 1.64. The average molecular weight is 451 g/mol. The van der Waals surface area contributed by atoms with Crippen molar-refractivity contribution in [3.63, 3.8) is 0 Å². The van der Waals surface area contributed by atoms with E-state index in [9.17, 15) is 4.79 Å². The zero-order valence-electron chi connectivity index (χ0n) is 17.3. The van der Waals surface area contributed by atoms with Crippen molar-refractivity contribution in [1.29, 1.82) is 0 Å². The maximum atomic E-state index is 13.3. The Bertz CT molecular complexity index is 1260. The molecule has 0 saturated carbocycles. The third-order valence-corrected chi connectivity index (χ3v) is 7.33. The highest BCUT2D eigenvalue weighted by Gasteiger charge is 2.23. The molecule has 1 aliphatic heterocycles. The van der Waals surface area contributed by atoms with Crippen LogP contribution >= 0.6 is 22.9 Å². The molecule has 3 heterocycles. The number of pyridine rings is 1. The maximum absolute atomic E-state index is 13.3. The molecule has 1 unspecified atom stereocenters. The third-order valence-electron chi connectivity index (χ3n) is 5.85. The Labute approximate surface area is 190 Å². The van der Waals surface area contributed by atoms with Crippen LogP contribution in [-0.4, -0.2) is 30.1 Å². The molecule has 5 rings (SSSR count). The summed E-state index contributed by atoms with van der Waals surface area (Å²) >= 11 is 7.79. The number of halogens is 1. The van der Waals surface area contributed by atoms with Crippen LogP contribution in [0, 0.1) is 0 Å². The molecular formula is C25H23ClN2O2S. The van der Waals surface area contributed by atoms with Gasteiger partial charge >= 0.3 is 0 Å². The summed E-state index contributed by atoms with van der Waals surface area (Å²) in [6.45, 7) is 3.45. The molecule has 1 fully saturated rings. The molecular weight excluding hydrogens is 428 g/mol. The van der Waals surface area contributed by atoms with E-state index in [1.807, 2.05) is 24.4 Å². The summed E-state index contributed by atoms with van der Waals surface area (Å²) in [5, 5.41) is 5.70. The molecule has 1 aliphatic rings. The fourth-order valence-electron chi connectivity index (χ4n) is 4.15. The number of nitrogens with zero attached hydrogens (tertiary/aromatic N) is 1. The number of carbonyl (C=O) groups is 1. The Morgan fingerprint density at radius 1 is 1.23 bits per heavy atom. The van der Waals surface area contributed by atoms with E-state index in [-0.39, 0.29) is 12.0 Å². The number of hydrogen-bond donors (Lipinski definition) is 1. The number of aromatic nitrogens is 1. The van der Waals surface area contributed by atoms with E-state index >= 15 is 0 Å². The fourth-order valence-corrected chi connectivity index (χ4v) is 5.56. The molecule has 1 amide bonds. The molecule has 0 aliphatic carbocycles. The van der Waals surface area contributed by atoms with E-state index in [1.54, 1.807) is 0 Å². The summed E-state index contributed by atoms with van der Waals surface area (Å²) in [5.41, 5.74) is 4.09. The van der Waals surface area contributed by atoms with Crippen LogP contribution < -0.4 is 5.32 Å². The number of benzene rings is 2. The minimum atomic E-state index is -0.0681. The van der Waals surface area contributed by atoms with Gasteiger partial charge in [0.25, 0.3) is 5.91 Å². The molecule has 1 saturated heterocycles. The predicted molar refractivity (Wildman–Crippen MR) is 128 cm³/mol. The van der Waals surface area contributed by atoms with E-state index in [0.717, 1.165) is 58.0 Å². The molecule has 2 aromatic carbocycles. The van der Waals surface area contributed by atoms with Gasteiger partial charge < -0.3 is 10.1 Å². The lowest BCUT2D eigenvalue weighted by Gasteiger charge is -2.11. The second kappa shape index (κ2) is 8.58. The first-order valence-electron chi connectivity index (χ1n) is 10.6. The van der Waals surface area contributed by atoms with Crippen LogP contribution in [0.15, 0.2) is 48.7 Å². The summed E-state index contributed by atoms with van der Waals surface area (Å²) in [7, 11) is 0. The van der Waals surface area contributed by atoms with Gasteiger partial charge in [0.05, 0.1) is 11.6 Å². The van der Waals surface area contributed by atoms with Crippen molar-refractivity contribution in [2.24, 2.45) is 0 Å².